The SMILES string of the molecule is C=C(CO)CCCCC(=O)O. The van der Waals surface area contributed by atoms with E-state index >= 15 is 0 Å². The van der Waals surface area contributed by atoms with Crippen LogP contribution in [0.4, 0.5) is 0 Å². The maximum Gasteiger partial charge on any atom is 0.303 e. The Hall–Kier alpha value is -0.830. The maximum atomic E-state index is 10.0. The van der Waals surface area contributed by atoms with Crippen molar-refractivity contribution in [3.63, 3.8) is 0 Å². The van der Waals surface area contributed by atoms with Gasteiger partial charge in [-0.1, -0.05) is 12.2 Å². The molecule has 0 fully saturated rings. The van der Waals surface area contributed by atoms with Gasteiger partial charge in [0.1, 0.15) is 0 Å². The summed E-state index contributed by atoms with van der Waals surface area (Å²) in [6, 6.07) is 0. The first-order valence-corrected chi connectivity index (χ1v) is 3.66. The lowest BCUT2D eigenvalue weighted by atomic mass is 10.1. The van der Waals surface area contributed by atoms with Gasteiger partial charge in [-0.15, -0.1) is 0 Å². The fourth-order valence-electron chi connectivity index (χ4n) is 0.730. The summed E-state index contributed by atoms with van der Waals surface area (Å²) < 4.78 is 0. The Morgan fingerprint density at radius 1 is 1.27 bits per heavy atom. The van der Waals surface area contributed by atoms with Gasteiger partial charge in [-0.05, 0) is 19.3 Å². The lowest BCUT2D eigenvalue weighted by Gasteiger charge is -1.99. The van der Waals surface area contributed by atoms with Gasteiger partial charge >= 0.3 is 5.97 Å². The minimum atomic E-state index is -0.764. The van der Waals surface area contributed by atoms with Gasteiger partial charge in [0, 0.05) is 6.42 Å². The van der Waals surface area contributed by atoms with Crippen LogP contribution >= 0.6 is 0 Å². The number of unbranched alkanes of at least 4 members (excludes halogenated alkanes) is 1. The van der Waals surface area contributed by atoms with E-state index in [0.29, 0.717) is 6.42 Å². The van der Waals surface area contributed by atoms with Crippen molar-refractivity contribution in [3.8, 4) is 0 Å². The summed E-state index contributed by atoms with van der Waals surface area (Å²) in [7, 11) is 0. The van der Waals surface area contributed by atoms with E-state index in [9.17, 15) is 4.79 Å². The topological polar surface area (TPSA) is 57.5 Å². The lowest BCUT2D eigenvalue weighted by Crippen LogP contribution is -1.94. The van der Waals surface area contributed by atoms with E-state index in [0.717, 1.165) is 18.4 Å². The molecule has 2 N–H and O–H groups in total. The largest absolute Gasteiger partial charge is 0.481 e. The third kappa shape index (κ3) is 7.06. The fourth-order valence-corrected chi connectivity index (χ4v) is 0.730. The zero-order valence-electron chi connectivity index (χ0n) is 6.55. The molecule has 0 rings (SSSR count). The Labute approximate surface area is 66.4 Å². The third-order valence-corrected chi connectivity index (χ3v) is 1.39. The van der Waals surface area contributed by atoms with Crippen LogP contribution in [-0.2, 0) is 4.79 Å². The second-order valence-corrected chi connectivity index (χ2v) is 2.51. The summed E-state index contributed by atoms with van der Waals surface area (Å²) in [4.78, 5) is 10.0. The molecule has 0 saturated carbocycles. The molecule has 0 aromatic rings. The quantitative estimate of drug-likeness (QED) is 0.450. The number of hydrogen-bond donors (Lipinski definition) is 2. The molecule has 0 bridgehead atoms. The number of carbonyl (C=O) groups is 1. The molecule has 3 nitrogen and oxygen atoms in total. The number of aliphatic carboxylic acids is 1. The number of carboxylic acids is 1. The fraction of sp³-hybridized carbons (Fsp3) is 0.625. The number of hydrogen-bond acceptors (Lipinski definition) is 2. The van der Waals surface area contributed by atoms with Crippen LogP contribution < -0.4 is 0 Å². The molecular formula is C8H14O3. The van der Waals surface area contributed by atoms with E-state index in [4.69, 9.17) is 10.2 Å². The van der Waals surface area contributed by atoms with Crippen LogP contribution in [0.5, 0.6) is 0 Å². The molecule has 0 aliphatic heterocycles. The predicted octanol–water partition coefficient (Wildman–Crippen LogP) is 1.18. The number of aliphatic hydroxyl groups excluding tert-OH is 1. The smallest absolute Gasteiger partial charge is 0.303 e. The molecule has 0 aromatic carbocycles. The zero-order chi connectivity index (χ0) is 8.69. The average Bonchev–Trinajstić information content (AvgIpc) is 1.97. The highest BCUT2D eigenvalue weighted by molar-refractivity contribution is 5.66. The molecule has 64 valence electrons. The van der Waals surface area contributed by atoms with Gasteiger partial charge in [-0.2, -0.15) is 0 Å². The van der Waals surface area contributed by atoms with Gasteiger partial charge in [0.05, 0.1) is 6.61 Å². The molecule has 0 unspecified atom stereocenters. The normalized spacial score (nSPS) is 9.55. The van der Waals surface area contributed by atoms with E-state index < -0.39 is 5.97 Å². The van der Waals surface area contributed by atoms with Gasteiger partial charge < -0.3 is 10.2 Å². The standard InChI is InChI=1S/C8H14O3/c1-7(6-9)4-2-3-5-8(10)11/h9H,1-6H2,(H,10,11). The minimum absolute atomic E-state index is 0.00702. The van der Waals surface area contributed by atoms with Crippen molar-refractivity contribution in [2.24, 2.45) is 0 Å². The molecule has 0 atom stereocenters. The van der Waals surface area contributed by atoms with Crippen molar-refractivity contribution < 1.29 is 15.0 Å². The first-order chi connectivity index (χ1) is 5.16. The Morgan fingerprint density at radius 3 is 2.27 bits per heavy atom. The second kappa shape index (κ2) is 5.92. The summed E-state index contributed by atoms with van der Waals surface area (Å²) in [5.41, 5.74) is 0.774. The van der Waals surface area contributed by atoms with Crippen LogP contribution in [0.3, 0.4) is 0 Å². The molecule has 0 radical (unpaired) electrons. The monoisotopic (exact) mass is 158 g/mol. The van der Waals surface area contributed by atoms with Crippen molar-refractivity contribution in [1.82, 2.24) is 0 Å². The Bertz CT molecular complexity index is 140. The van der Waals surface area contributed by atoms with Crippen LogP contribution in [0.2, 0.25) is 0 Å². The second-order valence-electron chi connectivity index (χ2n) is 2.51. The van der Waals surface area contributed by atoms with E-state index in [-0.39, 0.29) is 13.0 Å². The Balaban J connectivity index is 3.14. The van der Waals surface area contributed by atoms with E-state index in [1.165, 1.54) is 0 Å². The van der Waals surface area contributed by atoms with Crippen LogP contribution in [-0.4, -0.2) is 22.8 Å². The molecule has 0 amide bonds. The van der Waals surface area contributed by atoms with Crippen molar-refractivity contribution >= 4 is 5.97 Å². The number of aliphatic hydroxyl groups is 1. The Morgan fingerprint density at radius 2 is 1.82 bits per heavy atom. The van der Waals surface area contributed by atoms with Gasteiger partial charge in [-0.25, -0.2) is 0 Å². The molecule has 11 heavy (non-hydrogen) atoms. The van der Waals surface area contributed by atoms with Gasteiger partial charge in [0.15, 0.2) is 0 Å². The summed E-state index contributed by atoms with van der Waals surface area (Å²) >= 11 is 0. The maximum absolute atomic E-state index is 10.0. The van der Waals surface area contributed by atoms with E-state index in [1.807, 2.05) is 0 Å². The Kier molecular flexibility index (Phi) is 5.47. The number of rotatable bonds is 6. The molecular weight excluding hydrogens is 144 g/mol. The molecule has 0 heterocycles. The summed E-state index contributed by atoms with van der Waals surface area (Å²) in [6.45, 7) is 3.60. The number of carboxylic acid groups (broad SMARTS) is 1. The first-order valence-electron chi connectivity index (χ1n) is 3.66. The van der Waals surface area contributed by atoms with Gasteiger partial charge in [0.2, 0.25) is 0 Å². The van der Waals surface area contributed by atoms with Gasteiger partial charge in [-0.3, -0.25) is 4.79 Å². The average molecular weight is 158 g/mol. The molecule has 0 aliphatic carbocycles. The highest BCUT2D eigenvalue weighted by atomic mass is 16.4. The van der Waals surface area contributed by atoms with Crippen molar-refractivity contribution in [2.45, 2.75) is 25.7 Å². The summed E-state index contributed by atoms with van der Waals surface area (Å²) in [6.07, 6.45) is 2.39. The lowest BCUT2D eigenvalue weighted by molar-refractivity contribution is -0.137. The zero-order valence-corrected chi connectivity index (χ0v) is 6.55. The van der Waals surface area contributed by atoms with Crippen LogP contribution in [0.15, 0.2) is 12.2 Å². The molecule has 0 aromatic heterocycles. The summed E-state index contributed by atoms with van der Waals surface area (Å²) in [5, 5.41) is 16.8. The van der Waals surface area contributed by atoms with Crippen LogP contribution in [0, 0.1) is 0 Å². The predicted molar refractivity (Wildman–Crippen MR) is 42.3 cm³/mol. The summed E-state index contributed by atoms with van der Waals surface area (Å²) in [5.74, 6) is -0.764. The molecule has 3 heteroatoms. The molecule has 0 spiro atoms. The van der Waals surface area contributed by atoms with Crippen molar-refractivity contribution in [2.75, 3.05) is 6.61 Å². The van der Waals surface area contributed by atoms with Crippen LogP contribution in [0.25, 0.3) is 0 Å². The molecule has 0 aliphatic rings. The van der Waals surface area contributed by atoms with E-state index in [2.05, 4.69) is 6.58 Å². The molecule has 0 saturated heterocycles. The minimum Gasteiger partial charge on any atom is -0.481 e. The highest BCUT2D eigenvalue weighted by Crippen LogP contribution is 2.05. The van der Waals surface area contributed by atoms with Crippen molar-refractivity contribution in [1.29, 1.82) is 0 Å². The van der Waals surface area contributed by atoms with Crippen LogP contribution in [0.1, 0.15) is 25.7 Å². The van der Waals surface area contributed by atoms with Crippen molar-refractivity contribution in [3.05, 3.63) is 12.2 Å². The first kappa shape index (κ1) is 10.2. The highest BCUT2D eigenvalue weighted by Gasteiger charge is 1.97. The van der Waals surface area contributed by atoms with Gasteiger partial charge in [0.25, 0.3) is 0 Å². The van der Waals surface area contributed by atoms with E-state index in [1.54, 1.807) is 0 Å². The third-order valence-electron chi connectivity index (χ3n) is 1.39.